The minimum atomic E-state index is -0.410. The Labute approximate surface area is 152 Å². The first-order chi connectivity index (χ1) is 12.6. The third-order valence-electron chi connectivity index (χ3n) is 4.34. The normalized spacial score (nSPS) is 17.0. The summed E-state index contributed by atoms with van der Waals surface area (Å²) in [4.78, 5) is 40.7. The SMILES string of the molecule is CCN1C(=O)C(=c2[nH][nH]c(=O)/c2=C\c2cccs2)C(=O)c2ccccc21. The number of carbonyl (C=O) groups excluding carboxylic acids is 2. The highest BCUT2D eigenvalue weighted by Crippen LogP contribution is 2.29. The third-order valence-corrected chi connectivity index (χ3v) is 5.16. The van der Waals surface area contributed by atoms with Gasteiger partial charge < -0.3 is 4.90 Å². The Morgan fingerprint density at radius 1 is 1.08 bits per heavy atom. The van der Waals surface area contributed by atoms with Crippen molar-refractivity contribution in [2.45, 2.75) is 6.92 Å². The van der Waals surface area contributed by atoms with Gasteiger partial charge in [-0.15, -0.1) is 11.3 Å². The first-order valence-corrected chi connectivity index (χ1v) is 9.01. The lowest BCUT2D eigenvalue weighted by atomic mass is 9.94. The van der Waals surface area contributed by atoms with Crippen LogP contribution in [0.25, 0.3) is 11.6 Å². The molecule has 1 aliphatic rings. The maximum absolute atomic E-state index is 13.0. The van der Waals surface area contributed by atoms with Crippen molar-refractivity contribution >= 4 is 40.4 Å². The van der Waals surface area contributed by atoms with E-state index in [4.69, 9.17) is 0 Å². The van der Waals surface area contributed by atoms with Crippen LogP contribution in [0.2, 0.25) is 0 Å². The van der Waals surface area contributed by atoms with Gasteiger partial charge in [-0.2, -0.15) is 0 Å². The van der Waals surface area contributed by atoms with Crippen LogP contribution in [0.4, 0.5) is 5.69 Å². The number of H-pyrrole nitrogens is 2. The number of aromatic amines is 2. The Bertz CT molecular complexity index is 1190. The van der Waals surface area contributed by atoms with Gasteiger partial charge in [0.15, 0.2) is 0 Å². The van der Waals surface area contributed by atoms with E-state index in [1.165, 1.54) is 11.3 Å². The number of fused-ring (bicyclic) bond motifs is 1. The lowest BCUT2D eigenvalue weighted by Gasteiger charge is -2.28. The van der Waals surface area contributed by atoms with Gasteiger partial charge in [-0.1, -0.05) is 18.2 Å². The lowest BCUT2D eigenvalue weighted by Crippen LogP contribution is -2.45. The molecule has 0 unspecified atom stereocenters. The molecule has 7 heteroatoms. The number of Topliss-reactive ketones (excluding diaryl/α,β-unsaturated/α-hetero) is 1. The molecule has 4 rings (SSSR count). The van der Waals surface area contributed by atoms with Gasteiger partial charge in [0.25, 0.3) is 11.5 Å². The monoisotopic (exact) mass is 365 g/mol. The van der Waals surface area contributed by atoms with Crippen LogP contribution in [0.5, 0.6) is 0 Å². The van der Waals surface area contributed by atoms with Crippen LogP contribution in [0.1, 0.15) is 22.2 Å². The third kappa shape index (κ3) is 2.44. The maximum Gasteiger partial charge on any atom is 0.271 e. The van der Waals surface area contributed by atoms with Crippen molar-refractivity contribution in [2.24, 2.45) is 0 Å². The van der Waals surface area contributed by atoms with E-state index >= 15 is 0 Å². The lowest BCUT2D eigenvalue weighted by molar-refractivity contribution is -0.113. The molecule has 2 aromatic heterocycles. The Balaban J connectivity index is 2.07. The summed E-state index contributed by atoms with van der Waals surface area (Å²) in [6.07, 6.45) is 1.68. The second-order valence-corrected chi connectivity index (χ2v) is 6.78. The fourth-order valence-corrected chi connectivity index (χ4v) is 3.79. The summed E-state index contributed by atoms with van der Waals surface area (Å²) in [5, 5.41) is 7.62. The van der Waals surface area contributed by atoms with Gasteiger partial charge in [-0.25, -0.2) is 0 Å². The van der Waals surface area contributed by atoms with Crippen molar-refractivity contribution in [3.8, 4) is 0 Å². The average Bonchev–Trinajstić information content (AvgIpc) is 3.28. The van der Waals surface area contributed by atoms with Crippen molar-refractivity contribution < 1.29 is 9.59 Å². The van der Waals surface area contributed by atoms with E-state index in [1.807, 2.05) is 24.4 Å². The Morgan fingerprint density at radius 3 is 2.62 bits per heavy atom. The predicted octanol–water partition coefficient (Wildman–Crippen LogP) is 0.993. The fraction of sp³-hybridized carbons (Fsp3) is 0.105. The van der Waals surface area contributed by atoms with Gasteiger partial charge in [-0.3, -0.25) is 24.6 Å². The second kappa shape index (κ2) is 6.27. The van der Waals surface area contributed by atoms with Crippen molar-refractivity contribution in [1.82, 2.24) is 10.2 Å². The second-order valence-electron chi connectivity index (χ2n) is 5.80. The number of ketones is 1. The molecular formula is C19H15N3O3S. The minimum absolute atomic E-state index is 0.0216. The largest absolute Gasteiger partial charge is 0.308 e. The van der Waals surface area contributed by atoms with Crippen LogP contribution in [0.15, 0.2) is 46.6 Å². The summed E-state index contributed by atoms with van der Waals surface area (Å²) in [6.45, 7) is 2.27. The van der Waals surface area contributed by atoms with E-state index in [2.05, 4.69) is 10.2 Å². The number of nitrogens with one attached hydrogen (secondary N) is 2. The average molecular weight is 365 g/mol. The summed E-state index contributed by atoms with van der Waals surface area (Å²) in [6, 6.07) is 10.7. The maximum atomic E-state index is 13.0. The molecule has 0 atom stereocenters. The molecule has 0 fully saturated rings. The molecule has 2 N–H and O–H groups in total. The molecule has 0 aliphatic carbocycles. The van der Waals surface area contributed by atoms with Gasteiger partial charge >= 0.3 is 0 Å². The number of nitrogens with zero attached hydrogens (tertiary/aromatic N) is 1. The van der Waals surface area contributed by atoms with E-state index in [9.17, 15) is 14.4 Å². The Kier molecular flexibility index (Phi) is 3.93. The summed E-state index contributed by atoms with van der Waals surface area (Å²) in [5.41, 5.74) is 0.651. The van der Waals surface area contributed by atoms with Crippen LogP contribution in [-0.4, -0.2) is 28.4 Å². The number of para-hydroxylation sites is 1. The number of hydrogen-bond acceptors (Lipinski definition) is 4. The molecule has 26 heavy (non-hydrogen) atoms. The number of hydrogen-bond donors (Lipinski definition) is 2. The number of rotatable bonds is 2. The fourth-order valence-electron chi connectivity index (χ4n) is 3.13. The molecule has 130 valence electrons. The van der Waals surface area contributed by atoms with Gasteiger partial charge in [0.2, 0.25) is 5.78 Å². The van der Waals surface area contributed by atoms with Gasteiger partial charge in [0.1, 0.15) is 5.57 Å². The zero-order valence-corrected chi connectivity index (χ0v) is 14.7. The van der Waals surface area contributed by atoms with Crippen LogP contribution in [0, 0.1) is 0 Å². The highest BCUT2D eigenvalue weighted by Gasteiger charge is 2.35. The van der Waals surface area contributed by atoms with Crippen LogP contribution >= 0.6 is 11.3 Å². The van der Waals surface area contributed by atoms with Gasteiger partial charge in [-0.05, 0) is 36.6 Å². The van der Waals surface area contributed by atoms with Crippen LogP contribution in [0.3, 0.4) is 0 Å². The van der Waals surface area contributed by atoms with Crippen molar-refractivity contribution in [2.75, 3.05) is 11.4 Å². The van der Waals surface area contributed by atoms with Gasteiger partial charge in [0.05, 0.1) is 16.3 Å². The quantitative estimate of drug-likeness (QED) is 0.710. The van der Waals surface area contributed by atoms with Gasteiger partial charge in [0, 0.05) is 17.0 Å². The molecule has 3 aromatic rings. The van der Waals surface area contributed by atoms with Crippen molar-refractivity contribution in [3.63, 3.8) is 0 Å². The Morgan fingerprint density at radius 2 is 1.88 bits per heavy atom. The molecule has 0 spiro atoms. The number of anilines is 1. The summed E-state index contributed by atoms with van der Waals surface area (Å²) in [7, 11) is 0. The molecule has 0 saturated heterocycles. The predicted molar refractivity (Wildman–Crippen MR) is 101 cm³/mol. The van der Waals surface area contributed by atoms with Crippen molar-refractivity contribution in [3.05, 3.63) is 73.1 Å². The molecule has 0 radical (unpaired) electrons. The van der Waals surface area contributed by atoms with E-state index in [0.29, 0.717) is 17.8 Å². The van der Waals surface area contributed by atoms with E-state index < -0.39 is 5.91 Å². The molecule has 6 nitrogen and oxygen atoms in total. The van der Waals surface area contributed by atoms with Crippen LogP contribution < -0.4 is 21.0 Å². The standard InChI is InChI=1S/C19H15N3O3S/c1-2-22-14-8-4-3-7-12(14)17(23)15(19(22)25)16-13(18(24)21-20-16)10-11-6-5-9-26-11/h3-10,20H,2H2,1H3,(H,21,24)/b13-10-,16-15?. The summed E-state index contributed by atoms with van der Waals surface area (Å²) in [5.74, 6) is -0.793. The highest BCUT2D eigenvalue weighted by atomic mass is 32.1. The van der Waals surface area contributed by atoms with E-state index in [1.54, 1.807) is 35.2 Å². The summed E-state index contributed by atoms with van der Waals surface area (Å²) < 4.78 is 0. The Hall–Kier alpha value is -3.19. The first-order valence-electron chi connectivity index (χ1n) is 8.13. The topological polar surface area (TPSA) is 86.0 Å². The minimum Gasteiger partial charge on any atom is -0.308 e. The molecule has 0 saturated carbocycles. The zero-order chi connectivity index (χ0) is 18.3. The highest BCUT2D eigenvalue weighted by molar-refractivity contribution is 7.10. The van der Waals surface area contributed by atoms with E-state index in [0.717, 1.165) is 4.88 Å². The molecular weight excluding hydrogens is 350 g/mol. The molecule has 0 bridgehead atoms. The number of carbonyl (C=O) groups is 2. The summed E-state index contributed by atoms with van der Waals surface area (Å²) >= 11 is 1.47. The number of amides is 1. The molecule has 1 amide bonds. The zero-order valence-electron chi connectivity index (χ0n) is 13.9. The smallest absolute Gasteiger partial charge is 0.271 e. The first kappa shape index (κ1) is 16.3. The van der Waals surface area contributed by atoms with E-state index in [-0.39, 0.29) is 27.5 Å². The number of thiophene rings is 1. The molecule has 3 heterocycles. The van der Waals surface area contributed by atoms with Crippen molar-refractivity contribution in [1.29, 1.82) is 0 Å². The number of aromatic nitrogens is 2. The molecule has 1 aliphatic heterocycles. The van der Waals surface area contributed by atoms with Crippen LogP contribution in [-0.2, 0) is 4.79 Å². The number of benzene rings is 1. The molecule has 1 aromatic carbocycles.